The molecular formula is C17H19FN2O2. The molecule has 4 nitrogen and oxygen atoms in total. The van der Waals surface area contributed by atoms with E-state index in [9.17, 15) is 14.3 Å². The highest BCUT2D eigenvalue weighted by Crippen LogP contribution is 2.17. The molecule has 5 heteroatoms. The summed E-state index contributed by atoms with van der Waals surface area (Å²) in [7, 11) is 0. The second-order valence-corrected chi connectivity index (χ2v) is 4.88. The van der Waals surface area contributed by atoms with E-state index in [2.05, 4.69) is 10.6 Å². The third-order valence-corrected chi connectivity index (χ3v) is 3.37. The van der Waals surface area contributed by atoms with Crippen molar-refractivity contribution in [2.45, 2.75) is 19.4 Å². The number of hydrogen-bond acceptors (Lipinski definition) is 2. The number of aryl methyl sites for hydroxylation is 1. The maximum absolute atomic E-state index is 13.5. The van der Waals surface area contributed by atoms with Gasteiger partial charge in [0.2, 0.25) is 0 Å². The van der Waals surface area contributed by atoms with Gasteiger partial charge >= 0.3 is 6.03 Å². The number of anilines is 1. The molecular weight excluding hydrogens is 283 g/mol. The van der Waals surface area contributed by atoms with Gasteiger partial charge in [-0.1, -0.05) is 43.3 Å². The lowest BCUT2D eigenvalue weighted by molar-refractivity contribution is 0.170. The fourth-order valence-electron chi connectivity index (χ4n) is 2.16. The van der Waals surface area contributed by atoms with Crippen LogP contribution in [0.4, 0.5) is 14.9 Å². The van der Waals surface area contributed by atoms with Crippen molar-refractivity contribution in [2.75, 3.05) is 11.9 Å². The van der Waals surface area contributed by atoms with Gasteiger partial charge in [-0.2, -0.15) is 0 Å². The zero-order valence-corrected chi connectivity index (χ0v) is 12.3. The van der Waals surface area contributed by atoms with Gasteiger partial charge in [0.25, 0.3) is 0 Å². The van der Waals surface area contributed by atoms with Gasteiger partial charge in [-0.3, -0.25) is 0 Å². The average Bonchev–Trinajstić information content (AvgIpc) is 2.53. The monoisotopic (exact) mass is 302 g/mol. The van der Waals surface area contributed by atoms with Gasteiger partial charge in [0.05, 0.1) is 6.10 Å². The first-order valence-electron chi connectivity index (χ1n) is 7.17. The molecule has 0 bridgehead atoms. The molecule has 0 aliphatic heterocycles. The lowest BCUT2D eigenvalue weighted by Gasteiger charge is -2.14. The van der Waals surface area contributed by atoms with E-state index in [0.717, 1.165) is 17.7 Å². The second-order valence-electron chi connectivity index (χ2n) is 4.88. The minimum atomic E-state index is -1.09. The molecule has 3 N–H and O–H groups in total. The molecule has 0 saturated carbocycles. The molecule has 0 aliphatic rings. The smallest absolute Gasteiger partial charge is 0.319 e. The quantitative estimate of drug-likeness (QED) is 0.794. The predicted octanol–water partition coefficient (Wildman–Crippen LogP) is 3.24. The van der Waals surface area contributed by atoms with Crippen LogP contribution in [-0.2, 0) is 6.42 Å². The minimum absolute atomic E-state index is 0.0684. The Balaban J connectivity index is 1.92. The maximum atomic E-state index is 13.5. The predicted molar refractivity (Wildman–Crippen MR) is 84.2 cm³/mol. The number of aliphatic hydroxyl groups is 1. The normalized spacial score (nSPS) is 11.8. The van der Waals surface area contributed by atoms with Crippen LogP contribution in [0.15, 0.2) is 48.5 Å². The van der Waals surface area contributed by atoms with Crippen molar-refractivity contribution >= 4 is 11.7 Å². The number of carbonyl (C=O) groups is 1. The first-order valence-corrected chi connectivity index (χ1v) is 7.17. The second kappa shape index (κ2) is 7.56. The Kier molecular flexibility index (Phi) is 5.49. The molecule has 2 aromatic carbocycles. The van der Waals surface area contributed by atoms with Crippen molar-refractivity contribution < 1.29 is 14.3 Å². The number of hydrogen-bond donors (Lipinski definition) is 3. The summed E-state index contributed by atoms with van der Waals surface area (Å²) >= 11 is 0. The van der Waals surface area contributed by atoms with Gasteiger partial charge in [0.15, 0.2) is 0 Å². The summed E-state index contributed by atoms with van der Waals surface area (Å²) in [5.74, 6) is -0.492. The number of amides is 2. The summed E-state index contributed by atoms with van der Waals surface area (Å²) in [6.45, 7) is 1.93. The standard InChI is InChI=1S/C17H19FN2O2/c1-2-12-7-3-6-10-15(12)20-17(22)19-11-16(21)13-8-4-5-9-14(13)18/h3-10,16,21H,2,11H2,1H3,(H2,19,20,22). The fraction of sp³-hybridized carbons (Fsp3) is 0.235. The number of benzene rings is 2. The Morgan fingerprint density at radius 2 is 1.86 bits per heavy atom. The van der Waals surface area contributed by atoms with Crippen LogP contribution in [0.25, 0.3) is 0 Å². The molecule has 22 heavy (non-hydrogen) atoms. The molecule has 0 heterocycles. The van der Waals surface area contributed by atoms with Crippen LogP contribution in [0.3, 0.4) is 0 Å². The number of nitrogens with one attached hydrogen (secondary N) is 2. The van der Waals surface area contributed by atoms with Crippen molar-refractivity contribution in [2.24, 2.45) is 0 Å². The highest BCUT2D eigenvalue weighted by molar-refractivity contribution is 5.90. The molecule has 2 amide bonds. The highest BCUT2D eigenvalue weighted by atomic mass is 19.1. The number of rotatable bonds is 5. The summed E-state index contributed by atoms with van der Waals surface area (Å²) in [5.41, 5.74) is 1.91. The molecule has 0 saturated heterocycles. The van der Waals surface area contributed by atoms with E-state index in [-0.39, 0.29) is 12.1 Å². The fourth-order valence-corrected chi connectivity index (χ4v) is 2.16. The summed E-state index contributed by atoms with van der Waals surface area (Å²) in [4.78, 5) is 11.9. The van der Waals surface area contributed by atoms with Gasteiger partial charge in [-0.25, -0.2) is 9.18 Å². The molecule has 1 unspecified atom stereocenters. The number of aliphatic hydroxyl groups excluding tert-OH is 1. The van der Waals surface area contributed by atoms with Crippen molar-refractivity contribution in [1.29, 1.82) is 0 Å². The van der Waals surface area contributed by atoms with Crippen LogP contribution in [0.1, 0.15) is 24.2 Å². The van der Waals surface area contributed by atoms with E-state index in [1.807, 2.05) is 31.2 Å². The number of urea groups is 1. The van der Waals surface area contributed by atoms with Crippen LogP contribution in [0, 0.1) is 5.82 Å². The summed E-state index contributed by atoms with van der Waals surface area (Å²) < 4.78 is 13.5. The van der Waals surface area contributed by atoms with E-state index < -0.39 is 18.0 Å². The van der Waals surface area contributed by atoms with Crippen molar-refractivity contribution in [3.63, 3.8) is 0 Å². The zero-order valence-electron chi connectivity index (χ0n) is 12.3. The van der Waals surface area contributed by atoms with Crippen LogP contribution in [0.2, 0.25) is 0 Å². The Morgan fingerprint density at radius 1 is 1.18 bits per heavy atom. The minimum Gasteiger partial charge on any atom is -0.386 e. The first-order chi connectivity index (χ1) is 10.6. The lowest BCUT2D eigenvalue weighted by Crippen LogP contribution is -2.32. The number of halogens is 1. The Labute approximate surface area is 129 Å². The zero-order chi connectivity index (χ0) is 15.9. The molecule has 0 spiro atoms. The van der Waals surface area contributed by atoms with Crippen molar-refractivity contribution in [1.82, 2.24) is 5.32 Å². The molecule has 0 aliphatic carbocycles. The molecule has 116 valence electrons. The lowest BCUT2D eigenvalue weighted by atomic mass is 10.1. The third-order valence-electron chi connectivity index (χ3n) is 3.37. The Hall–Kier alpha value is -2.40. The molecule has 1 atom stereocenters. The topological polar surface area (TPSA) is 61.4 Å². The maximum Gasteiger partial charge on any atom is 0.319 e. The Bertz CT molecular complexity index is 646. The summed E-state index contributed by atoms with van der Waals surface area (Å²) in [5, 5.41) is 15.2. The van der Waals surface area contributed by atoms with Gasteiger partial charge in [-0.05, 0) is 24.1 Å². The van der Waals surface area contributed by atoms with E-state index in [1.165, 1.54) is 12.1 Å². The van der Waals surface area contributed by atoms with Crippen molar-refractivity contribution in [3.05, 3.63) is 65.5 Å². The highest BCUT2D eigenvalue weighted by Gasteiger charge is 2.13. The van der Waals surface area contributed by atoms with Crippen LogP contribution >= 0.6 is 0 Å². The van der Waals surface area contributed by atoms with Gasteiger partial charge < -0.3 is 15.7 Å². The van der Waals surface area contributed by atoms with Crippen LogP contribution in [0.5, 0.6) is 0 Å². The summed E-state index contributed by atoms with van der Waals surface area (Å²) in [6.07, 6.45) is -0.290. The van der Waals surface area contributed by atoms with Gasteiger partial charge in [-0.15, -0.1) is 0 Å². The summed E-state index contributed by atoms with van der Waals surface area (Å²) in [6, 6.07) is 13.0. The molecule has 0 fully saturated rings. The molecule has 0 aromatic heterocycles. The molecule has 0 radical (unpaired) electrons. The average molecular weight is 302 g/mol. The SMILES string of the molecule is CCc1ccccc1NC(=O)NCC(O)c1ccccc1F. The van der Waals surface area contributed by atoms with Crippen LogP contribution in [-0.4, -0.2) is 17.7 Å². The molecule has 2 aromatic rings. The van der Waals surface area contributed by atoms with Crippen molar-refractivity contribution in [3.8, 4) is 0 Å². The number of para-hydroxylation sites is 1. The first kappa shape index (κ1) is 16.0. The van der Waals surface area contributed by atoms with E-state index >= 15 is 0 Å². The van der Waals surface area contributed by atoms with Gasteiger partial charge in [0, 0.05) is 17.8 Å². The third kappa shape index (κ3) is 4.05. The Morgan fingerprint density at radius 3 is 2.59 bits per heavy atom. The van der Waals surface area contributed by atoms with Crippen LogP contribution < -0.4 is 10.6 Å². The number of carbonyl (C=O) groups excluding carboxylic acids is 1. The van der Waals surface area contributed by atoms with E-state index in [0.29, 0.717) is 0 Å². The largest absolute Gasteiger partial charge is 0.386 e. The molecule has 2 rings (SSSR count). The van der Waals surface area contributed by atoms with E-state index in [1.54, 1.807) is 12.1 Å². The van der Waals surface area contributed by atoms with Gasteiger partial charge in [0.1, 0.15) is 5.82 Å². The van der Waals surface area contributed by atoms with E-state index in [4.69, 9.17) is 0 Å².